The van der Waals surface area contributed by atoms with Gasteiger partial charge in [0.25, 0.3) is 0 Å². The zero-order valence-corrected chi connectivity index (χ0v) is 13.7. The Morgan fingerprint density at radius 3 is 2.33 bits per heavy atom. The van der Waals surface area contributed by atoms with E-state index >= 15 is 0 Å². The predicted octanol–water partition coefficient (Wildman–Crippen LogP) is 4.64. The topological polar surface area (TPSA) is 29.0 Å². The van der Waals surface area contributed by atoms with Crippen molar-refractivity contribution in [1.82, 2.24) is 9.97 Å². The second kappa shape index (κ2) is 5.60. The van der Waals surface area contributed by atoms with Crippen LogP contribution in [0.5, 0.6) is 0 Å². The number of para-hydroxylation sites is 1. The van der Waals surface area contributed by atoms with Crippen LogP contribution in [0.3, 0.4) is 0 Å². The van der Waals surface area contributed by atoms with Crippen molar-refractivity contribution in [3.05, 3.63) is 46.6 Å². The van der Waals surface area contributed by atoms with Crippen molar-refractivity contribution in [3.63, 3.8) is 0 Å². The number of nitrogens with zero attached hydrogens (tertiary/aromatic N) is 3. The van der Waals surface area contributed by atoms with Gasteiger partial charge >= 0.3 is 0 Å². The van der Waals surface area contributed by atoms with Crippen molar-refractivity contribution < 1.29 is 4.39 Å². The molecule has 2 aromatic rings. The summed E-state index contributed by atoms with van der Waals surface area (Å²) < 4.78 is 14.0. The molecule has 0 N–H and O–H groups in total. The molecule has 0 fully saturated rings. The minimum atomic E-state index is -0.300. The van der Waals surface area contributed by atoms with E-state index in [1.807, 2.05) is 27.7 Å². The first kappa shape index (κ1) is 15.7. The molecule has 0 saturated heterocycles. The number of anilines is 2. The molecule has 0 amide bonds. The van der Waals surface area contributed by atoms with Crippen LogP contribution in [-0.4, -0.2) is 17.0 Å². The Morgan fingerprint density at radius 1 is 1.14 bits per heavy atom. The number of aromatic nitrogens is 2. The quantitative estimate of drug-likeness (QED) is 0.757. The fraction of sp³-hybridized carbons (Fsp3) is 0.375. The summed E-state index contributed by atoms with van der Waals surface area (Å²) in [6, 6.07) is 6.58. The van der Waals surface area contributed by atoms with Gasteiger partial charge in [0.05, 0.1) is 5.69 Å². The van der Waals surface area contributed by atoms with Crippen molar-refractivity contribution in [2.45, 2.75) is 33.1 Å². The number of rotatable bonds is 2. The normalized spacial score (nSPS) is 11.6. The molecule has 0 aliphatic heterocycles. The van der Waals surface area contributed by atoms with Crippen LogP contribution in [0.4, 0.5) is 15.9 Å². The van der Waals surface area contributed by atoms with Crippen LogP contribution in [0, 0.1) is 12.7 Å². The standard InChI is InChI=1S/C16H19ClFN3/c1-10-13(17)19-15(16(2,3)4)20-14(10)21(5)12-9-7-6-8-11(12)18/h6-9H,1-5H3. The molecule has 0 saturated carbocycles. The van der Waals surface area contributed by atoms with Gasteiger partial charge < -0.3 is 4.90 Å². The van der Waals surface area contributed by atoms with Gasteiger partial charge in [-0.15, -0.1) is 0 Å². The van der Waals surface area contributed by atoms with E-state index in [1.165, 1.54) is 6.07 Å². The van der Waals surface area contributed by atoms with Crippen LogP contribution in [0.1, 0.15) is 32.2 Å². The molecular formula is C16H19ClFN3. The van der Waals surface area contributed by atoms with Gasteiger partial charge in [0.1, 0.15) is 22.6 Å². The monoisotopic (exact) mass is 307 g/mol. The number of hydrogen-bond acceptors (Lipinski definition) is 3. The average molecular weight is 308 g/mol. The number of hydrogen-bond donors (Lipinski definition) is 0. The van der Waals surface area contributed by atoms with E-state index in [0.717, 1.165) is 5.56 Å². The number of halogens is 2. The highest BCUT2D eigenvalue weighted by Gasteiger charge is 2.23. The van der Waals surface area contributed by atoms with Crippen LogP contribution < -0.4 is 4.90 Å². The zero-order chi connectivity index (χ0) is 15.8. The summed E-state index contributed by atoms with van der Waals surface area (Å²) in [5.41, 5.74) is 0.952. The zero-order valence-electron chi connectivity index (χ0n) is 12.9. The molecule has 1 heterocycles. The summed E-state index contributed by atoms with van der Waals surface area (Å²) in [7, 11) is 1.77. The minimum absolute atomic E-state index is 0.234. The summed E-state index contributed by atoms with van der Waals surface area (Å²) in [6.07, 6.45) is 0. The summed E-state index contributed by atoms with van der Waals surface area (Å²) in [6.45, 7) is 7.88. The first-order valence-corrected chi connectivity index (χ1v) is 7.12. The Hall–Kier alpha value is -1.68. The molecule has 112 valence electrons. The molecule has 0 unspecified atom stereocenters. The molecule has 0 bridgehead atoms. The molecule has 1 aromatic carbocycles. The van der Waals surface area contributed by atoms with Gasteiger partial charge in [-0.25, -0.2) is 14.4 Å². The largest absolute Gasteiger partial charge is 0.327 e. The Bertz CT molecular complexity index is 665. The molecule has 1 aromatic heterocycles. The Morgan fingerprint density at radius 2 is 1.76 bits per heavy atom. The van der Waals surface area contributed by atoms with Gasteiger partial charge in [-0.2, -0.15) is 0 Å². The second-order valence-corrected chi connectivity index (χ2v) is 6.41. The summed E-state index contributed by atoms with van der Waals surface area (Å²) in [4.78, 5) is 10.6. The van der Waals surface area contributed by atoms with Gasteiger partial charge in [0.15, 0.2) is 0 Å². The molecule has 0 aliphatic carbocycles. The Labute approximate surface area is 129 Å². The van der Waals surface area contributed by atoms with Crippen molar-refractivity contribution in [2.75, 3.05) is 11.9 Å². The van der Waals surface area contributed by atoms with Gasteiger partial charge in [-0.3, -0.25) is 0 Å². The number of benzene rings is 1. The first-order chi connectivity index (χ1) is 9.71. The fourth-order valence-corrected chi connectivity index (χ4v) is 2.14. The third-order valence-corrected chi connectivity index (χ3v) is 3.63. The molecular weight excluding hydrogens is 289 g/mol. The van der Waals surface area contributed by atoms with Gasteiger partial charge in [0, 0.05) is 18.0 Å². The molecule has 0 radical (unpaired) electrons. The second-order valence-electron chi connectivity index (χ2n) is 6.05. The van der Waals surface area contributed by atoms with E-state index in [9.17, 15) is 4.39 Å². The van der Waals surface area contributed by atoms with Crippen molar-refractivity contribution in [3.8, 4) is 0 Å². The lowest BCUT2D eigenvalue weighted by atomic mass is 9.95. The lowest BCUT2D eigenvalue weighted by molar-refractivity contribution is 0.544. The van der Waals surface area contributed by atoms with Crippen LogP contribution in [0.2, 0.25) is 5.15 Å². The Kier molecular flexibility index (Phi) is 4.19. The van der Waals surface area contributed by atoms with E-state index in [1.54, 1.807) is 30.1 Å². The van der Waals surface area contributed by atoms with E-state index in [2.05, 4.69) is 9.97 Å². The van der Waals surface area contributed by atoms with Gasteiger partial charge in [-0.1, -0.05) is 44.5 Å². The molecule has 2 rings (SSSR count). The highest BCUT2D eigenvalue weighted by Crippen LogP contribution is 2.32. The molecule has 5 heteroatoms. The maximum Gasteiger partial charge on any atom is 0.146 e. The van der Waals surface area contributed by atoms with Crippen molar-refractivity contribution >= 4 is 23.1 Å². The van der Waals surface area contributed by atoms with E-state index in [-0.39, 0.29) is 11.2 Å². The van der Waals surface area contributed by atoms with Crippen LogP contribution in [0.15, 0.2) is 24.3 Å². The highest BCUT2D eigenvalue weighted by molar-refractivity contribution is 6.30. The predicted molar refractivity (Wildman–Crippen MR) is 84.9 cm³/mol. The van der Waals surface area contributed by atoms with E-state index < -0.39 is 0 Å². The lowest BCUT2D eigenvalue weighted by Gasteiger charge is -2.24. The summed E-state index contributed by atoms with van der Waals surface area (Å²) >= 11 is 6.22. The van der Waals surface area contributed by atoms with Gasteiger partial charge in [-0.05, 0) is 19.1 Å². The summed E-state index contributed by atoms with van der Waals surface area (Å²) in [5.74, 6) is 0.952. The third-order valence-electron chi connectivity index (χ3n) is 3.26. The van der Waals surface area contributed by atoms with Crippen LogP contribution >= 0.6 is 11.6 Å². The average Bonchev–Trinajstić information content (AvgIpc) is 2.40. The van der Waals surface area contributed by atoms with E-state index in [4.69, 9.17) is 11.6 Å². The molecule has 0 atom stereocenters. The van der Waals surface area contributed by atoms with Gasteiger partial charge in [0.2, 0.25) is 0 Å². The molecule has 3 nitrogen and oxygen atoms in total. The van der Waals surface area contributed by atoms with Crippen molar-refractivity contribution in [1.29, 1.82) is 0 Å². The highest BCUT2D eigenvalue weighted by atomic mass is 35.5. The fourth-order valence-electron chi connectivity index (χ4n) is 1.98. The van der Waals surface area contributed by atoms with Crippen molar-refractivity contribution in [2.24, 2.45) is 0 Å². The molecule has 0 spiro atoms. The SMILES string of the molecule is Cc1c(Cl)nc(C(C)(C)C)nc1N(C)c1ccccc1F. The maximum absolute atomic E-state index is 14.0. The maximum atomic E-state index is 14.0. The minimum Gasteiger partial charge on any atom is -0.327 e. The Balaban J connectivity index is 2.58. The lowest BCUT2D eigenvalue weighted by Crippen LogP contribution is -2.21. The third kappa shape index (κ3) is 3.16. The smallest absolute Gasteiger partial charge is 0.146 e. The molecule has 0 aliphatic rings. The summed E-state index contributed by atoms with van der Waals surface area (Å²) in [5, 5.41) is 0.396. The van der Waals surface area contributed by atoms with E-state index in [0.29, 0.717) is 22.5 Å². The van der Waals surface area contributed by atoms with Crippen LogP contribution in [0.25, 0.3) is 0 Å². The first-order valence-electron chi connectivity index (χ1n) is 6.74. The van der Waals surface area contributed by atoms with Crippen LogP contribution in [-0.2, 0) is 5.41 Å². The molecule has 21 heavy (non-hydrogen) atoms.